The number of sulfonamides is 4. The number of benzene rings is 4. The minimum Gasteiger partial charge on any atom is -0.481 e. The number of hydrogen-bond acceptors (Lipinski definition) is 23. The Morgan fingerprint density at radius 3 is 1.06 bits per heavy atom. The van der Waals surface area contributed by atoms with Gasteiger partial charge in [0.15, 0.2) is 0 Å². The third kappa shape index (κ3) is 26.4. The van der Waals surface area contributed by atoms with Gasteiger partial charge in [0.1, 0.15) is 34.8 Å². The zero-order valence-electron chi connectivity index (χ0n) is 81.7. The minimum atomic E-state index is -4.09. The molecule has 4 amide bonds. The molecule has 8 aromatic rings. The molecule has 1 unspecified atom stereocenters. The van der Waals surface area contributed by atoms with E-state index < -0.39 is 132 Å². The molecular formula is C102H129F4N9O19S4. The Morgan fingerprint density at radius 2 is 0.783 bits per heavy atom. The molecule has 0 saturated heterocycles. The number of hydrogen-bond donors (Lipinski definition) is 6. The highest BCUT2D eigenvalue weighted by Crippen LogP contribution is 2.67. The molecule has 0 radical (unpaired) electrons. The first kappa shape index (κ1) is 109. The number of nitrogens with one attached hydrogen (secondary N) is 4. The van der Waals surface area contributed by atoms with Crippen LogP contribution in [0.25, 0.3) is 49.4 Å². The molecule has 5 saturated carbocycles. The van der Waals surface area contributed by atoms with Crippen LogP contribution in [0.3, 0.4) is 0 Å². The van der Waals surface area contributed by atoms with Crippen LogP contribution in [-0.4, -0.2) is 162 Å². The number of pyridine rings is 4. The summed E-state index contributed by atoms with van der Waals surface area (Å²) in [6.07, 6.45) is 12.3. The summed E-state index contributed by atoms with van der Waals surface area (Å²) in [5.74, 6) is -4.71. The fourth-order valence-electron chi connectivity index (χ4n) is 20.6. The maximum Gasteiger partial charge on any atom is 0.248 e. The summed E-state index contributed by atoms with van der Waals surface area (Å²) in [4.78, 5) is 84.6. The Morgan fingerprint density at radius 1 is 0.464 bits per heavy atom. The number of ketones is 1. The molecule has 13 rings (SSSR count). The summed E-state index contributed by atoms with van der Waals surface area (Å²) in [5.41, 5.74) is 4.46. The lowest BCUT2D eigenvalue weighted by atomic mass is 9.70. The molecule has 0 aliphatic heterocycles. The standard InChI is InChI=1S/C27H35FN2O5S.C27H33FN2O5S.C25H30FN3O4S.C23H31FN2O5S/c2*1-16(2)20-12-19(28)13-21(17-7-9-29-25(10-17)35-5)22(20)14-24(32)30-36(33,34)15-27-8-6-18(11-23(27)31)26(27,3)4;1-17(2)20-13-19(26)14-21(18-8-11-28-24(12-18)33-4)22(20)15-23(30)29-34(31,32)16-25(27-3)9-6-5-7-10-25;1-15(2)18-12-17(24)13-19(16-7-9-25-22(11-16)31-5)20(18)14-21(27)26-32(29,30)10-6-8-23(3,4)28/h7,9-10,12-13,16,18,23,31H,6,8,11,14-15H2,1-5H3,(H,30,32);7,9-10,12-13,16,18H,6,8,11,14-15H2,1-5H3,(H,30,32);8,11-14,17H,5-7,9-10,15-16H2,1-2,4H3,(H,29,30);7,9,11-13,15,28H,6,8,10,14H2,1-5H3,(H,26,27)/t18-,23+,27-;18?,27-;;/m01../s1. The molecule has 36 heteroatoms. The summed E-state index contributed by atoms with van der Waals surface area (Å²) in [7, 11) is -10.1. The van der Waals surface area contributed by atoms with Crippen molar-refractivity contribution in [2.75, 3.05) is 51.5 Å². The molecule has 5 atom stereocenters. The van der Waals surface area contributed by atoms with Crippen molar-refractivity contribution in [1.82, 2.24) is 38.8 Å². The Labute approximate surface area is 808 Å². The zero-order chi connectivity index (χ0) is 102. The van der Waals surface area contributed by atoms with Crippen LogP contribution in [0.1, 0.15) is 249 Å². The van der Waals surface area contributed by atoms with Gasteiger partial charge in [-0.15, -0.1) is 0 Å². The van der Waals surface area contributed by atoms with Gasteiger partial charge in [-0.25, -0.2) is 77.7 Å². The lowest BCUT2D eigenvalue weighted by Gasteiger charge is -2.40. The Hall–Kier alpha value is -10.8. The molecule has 0 spiro atoms. The van der Waals surface area contributed by atoms with Crippen molar-refractivity contribution in [2.24, 2.45) is 33.5 Å². The summed E-state index contributed by atoms with van der Waals surface area (Å²) in [6.45, 7) is 33.7. The van der Waals surface area contributed by atoms with Gasteiger partial charge in [0.05, 0.1) is 88.5 Å². The molecule has 4 bridgehead atoms. The van der Waals surface area contributed by atoms with E-state index in [4.69, 9.17) is 25.5 Å². The van der Waals surface area contributed by atoms with Crippen LogP contribution in [0.4, 0.5) is 17.6 Å². The fourth-order valence-corrected chi connectivity index (χ4v) is 26.9. The van der Waals surface area contributed by atoms with Gasteiger partial charge >= 0.3 is 0 Å². The third-order valence-electron chi connectivity index (χ3n) is 28.0. The van der Waals surface area contributed by atoms with Crippen LogP contribution in [-0.2, 0) is 89.7 Å². The van der Waals surface area contributed by atoms with Gasteiger partial charge in [-0.1, -0.05) is 89.5 Å². The number of amides is 4. The van der Waals surface area contributed by atoms with Crippen LogP contribution in [0.15, 0.2) is 122 Å². The molecule has 6 N–H and O–H groups in total. The molecule has 4 aromatic heterocycles. The lowest BCUT2D eigenvalue weighted by molar-refractivity contribution is -0.128. The first-order valence-corrected chi connectivity index (χ1v) is 52.9. The summed E-state index contributed by atoms with van der Waals surface area (Å²) in [6, 6.07) is 24.1. The van der Waals surface area contributed by atoms with Crippen molar-refractivity contribution in [3.63, 3.8) is 0 Å². The van der Waals surface area contributed by atoms with Gasteiger partial charge in [0.25, 0.3) is 0 Å². The Balaban J connectivity index is 0.000000190. The van der Waals surface area contributed by atoms with E-state index in [1.54, 1.807) is 62.4 Å². The first-order valence-electron chi connectivity index (χ1n) is 46.2. The number of rotatable bonds is 34. The number of halogens is 4. The van der Waals surface area contributed by atoms with E-state index >= 15 is 0 Å². The van der Waals surface area contributed by atoms with Crippen LogP contribution in [0, 0.1) is 63.3 Å². The second-order valence-corrected chi connectivity index (χ2v) is 46.8. The smallest absolute Gasteiger partial charge is 0.248 e. The summed E-state index contributed by atoms with van der Waals surface area (Å²) in [5, 5.41) is 20.5. The van der Waals surface area contributed by atoms with Gasteiger partial charge < -0.3 is 34.0 Å². The molecular weight excluding hydrogens is 1860 g/mol. The third-order valence-corrected chi connectivity index (χ3v) is 33.7. The number of ether oxygens (including phenoxy) is 4. The number of methoxy groups -OCH3 is 4. The Kier molecular flexibility index (Phi) is 35.1. The lowest BCUT2D eigenvalue weighted by Crippen LogP contribution is -2.48. The molecule has 5 aliphatic carbocycles. The molecule has 4 heterocycles. The second-order valence-electron chi connectivity index (χ2n) is 39.8. The van der Waals surface area contributed by atoms with Crippen LogP contribution in [0.5, 0.6) is 23.5 Å². The van der Waals surface area contributed by atoms with E-state index in [1.165, 1.54) is 102 Å². The van der Waals surface area contributed by atoms with Crippen molar-refractivity contribution < 1.29 is 104 Å². The molecule has 5 fully saturated rings. The number of aliphatic hydroxyl groups excluding tert-OH is 1. The first-order chi connectivity index (χ1) is 64.5. The fraction of sp³-hybridized carbons (Fsp3) is 0.510. The van der Waals surface area contributed by atoms with Crippen LogP contribution < -0.4 is 37.8 Å². The van der Waals surface area contributed by atoms with Crippen molar-refractivity contribution >= 4 is 69.5 Å². The highest BCUT2D eigenvalue weighted by Gasteiger charge is 2.67. The number of aromatic nitrogens is 4. The number of carbonyl (C=O) groups excluding carboxylic acids is 5. The topological polar surface area (TPSA) is 403 Å². The minimum absolute atomic E-state index is 0.0314. The van der Waals surface area contributed by atoms with Crippen molar-refractivity contribution in [3.05, 3.63) is 201 Å². The van der Waals surface area contributed by atoms with Crippen molar-refractivity contribution in [2.45, 2.75) is 247 Å². The van der Waals surface area contributed by atoms with E-state index in [1.807, 2.05) is 83.1 Å². The maximum absolute atomic E-state index is 14.6. The average molecular weight is 1990 g/mol. The average Bonchev–Trinajstić information content (AvgIpc) is 1.55. The monoisotopic (exact) mass is 1990 g/mol. The molecule has 5 aliphatic rings. The van der Waals surface area contributed by atoms with Gasteiger partial charge in [0, 0.05) is 73.7 Å². The second kappa shape index (κ2) is 44.3. The normalized spacial score (nSPS) is 19.0. The van der Waals surface area contributed by atoms with E-state index in [2.05, 4.69) is 43.7 Å². The molecule has 138 heavy (non-hydrogen) atoms. The quantitative estimate of drug-likeness (QED) is 0.0161. The highest BCUT2D eigenvalue weighted by atomic mass is 32.2. The number of carbonyl (C=O) groups is 5. The van der Waals surface area contributed by atoms with Gasteiger partial charge in [-0.2, -0.15) is 0 Å². The van der Waals surface area contributed by atoms with Gasteiger partial charge in [-0.05, 0) is 280 Å². The largest absolute Gasteiger partial charge is 0.481 e. The number of aliphatic hydroxyl groups is 2. The van der Waals surface area contributed by atoms with E-state index in [-0.39, 0.29) is 96.7 Å². The SMILES string of the molecule is COc1cc(-c2cc(F)cc(C(C)C)c2CC(=O)NS(=O)(=O)CCCC(C)(C)O)ccn1.COc1cc(-c2cc(F)cc(C(C)C)c2CC(=O)NS(=O)(=O)C[C@@]23CC[C@@H](C[C@H]2O)C3(C)C)ccn1.COc1cc(-c2cc(F)cc(C(C)C)c2CC(=O)NS(=O)(=O)C[C@]23CCC(CC2=O)C3(C)C)ccn1.[C-]#[N+]C1(CS(=O)(=O)NC(=O)Cc2c(-c3ccnc(OC)c3)cc(F)cc2C(C)C)CCCCC1. The summed E-state index contributed by atoms with van der Waals surface area (Å²) >= 11 is 0. The highest BCUT2D eigenvalue weighted by molar-refractivity contribution is 7.90. The van der Waals surface area contributed by atoms with Crippen molar-refractivity contribution in [1.29, 1.82) is 0 Å². The zero-order valence-corrected chi connectivity index (χ0v) is 84.9. The van der Waals surface area contributed by atoms with Crippen LogP contribution >= 0.6 is 0 Å². The number of nitrogens with zero attached hydrogens (tertiary/aromatic N) is 5. The summed E-state index contributed by atoms with van der Waals surface area (Å²) < 4.78 is 190. The van der Waals surface area contributed by atoms with E-state index in [0.29, 0.717) is 151 Å². The Bertz CT molecular complexity index is 6380. The van der Waals surface area contributed by atoms with Gasteiger partial charge in [-0.3, -0.25) is 42.9 Å². The maximum atomic E-state index is 14.6. The van der Waals surface area contributed by atoms with Crippen LogP contribution in [0.2, 0.25) is 0 Å². The molecule has 28 nitrogen and oxygen atoms in total. The molecule has 748 valence electrons. The molecule has 4 aromatic carbocycles. The number of fused-ring (bicyclic) bond motifs is 4. The van der Waals surface area contributed by atoms with E-state index in [9.17, 15) is 85.4 Å². The van der Waals surface area contributed by atoms with E-state index in [0.717, 1.165) is 32.1 Å². The van der Waals surface area contributed by atoms with Gasteiger partial charge in [0.2, 0.25) is 92.8 Å². The predicted molar refractivity (Wildman–Crippen MR) is 520 cm³/mol. The number of Topliss-reactive ketones (excluding diaryl/α,β-unsaturated/α-hetero) is 1. The van der Waals surface area contributed by atoms with Crippen molar-refractivity contribution in [3.8, 4) is 68.0 Å². The predicted octanol–water partition coefficient (Wildman–Crippen LogP) is 16.8.